The van der Waals surface area contributed by atoms with Crippen LogP contribution in [0.4, 0.5) is 0 Å². The van der Waals surface area contributed by atoms with Crippen molar-refractivity contribution in [2.45, 2.75) is 13.2 Å². The van der Waals surface area contributed by atoms with Crippen molar-refractivity contribution in [3.05, 3.63) is 113 Å². The Morgan fingerprint density at radius 1 is 0.741 bits per heavy atom. The summed E-state index contributed by atoms with van der Waals surface area (Å²) >= 11 is 6.07. The zero-order chi connectivity index (χ0) is 18.5. The third-order valence-corrected chi connectivity index (χ3v) is 4.68. The molecule has 4 rings (SSSR count). The van der Waals surface area contributed by atoms with Crippen molar-refractivity contribution in [2.24, 2.45) is 0 Å². The highest BCUT2D eigenvalue weighted by Gasteiger charge is 2.03. The Balaban J connectivity index is 1.41. The number of benzene rings is 3. The van der Waals surface area contributed by atoms with Crippen molar-refractivity contribution in [1.29, 1.82) is 0 Å². The first-order valence-electron chi connectivity index (χ1n) is 8.94. The molecule has 3 heteroatoms. The second-order valence-corrected chi connectivity index (χ2v) is 6.94. The highest BCUT2D eigenvalue weighted by Crippen LogP contribution is 2.24. The Morgan fingerprint density at radius 3 is 2.30 bits per heavy atom. The predicted octanol–water partition coefficient (Wildman–Crippen LogP) is 6.44. The monoisotopic (exact) mass is 373 g/mol. The second-order valence-electron chi connectivity index (χ2n) is 6.50. The largest absolute Gasteiger partial charge is 0.489 e. The summed E-state index contributed by atoms with van der Waals surface area (Å²) in [5.41, 5.74) is 4.72. The van der Waals surface area contributed by atoms with E-state index >= 15 is 0 Å². The Morgan fingerprint density at radius 2 is 1.52 bits per heavy atom. The number of halogens is 1. The van der Waals surface area contributed by atoms with Gasteiger partial charge in [0.15, 0.2) is 0 Å². The number of aromatic nitrogens is 1. The molecule has 134 valence electrons. The van der Waals surface area contributed by atoms with Crippen LogP contribution in [0.5, 0.6) is 5.75 Å². The summed E-state index contributed by atoms with van der Waals surface area (Å²) < 4.78 is 8.03. The van der Waals surface area contributed by atoms with Crippen LogP contribution >= 0.6 is 11.6 Å². The van der Waals surface area contributed by atoms with Gasteiger partial charge in [0, 0.05) is 24.0 Å². The minimum Gasteiger partial charge on any atom is -0.489 e. The molecule has 0 radical (unpaired) electrons. The summed E-state index contributed by atoms with van der Waals surface area (Å²) in [4.78, 5) is 0. The fourth-order valence-electron chi connectivity index (χ4n) is 3.04. The molecule has 0 unspecified atom stereocenters. The van der Waals surface area contributed by atoms with E-state index in [4.69, 9.17) is 16.3 Å². The average molecular weight is 374 g/mol. The number of hydrogen-bond donors (Lipinski definition) is 0. The maximum absolute atomic E-state index is 6.07. The molecule has 0 spiro atoms. The molecule has 0 atom stereocenters. The first kappa shape index (κ1) is 17.4. The lowest BCUT2D eigenvalue weighted by molar-refractivity contribution is 0.306. The van der Waals surface area contributed by atoms with E-state index in [0.717, 1.165) is 17.3 Å². The van der Waals surface area contributed by atoms with E-state index in [1.54, 1.807) is 0 Å². The van der Waals surface area contributed by atoms with Crippen LogP contribution in [-0.2, 0) is 13.2 Å². The summed E-state index contributed by atoms with van der Waals surface area (Å²) in [5, 5.41) is 0.769. The molecule has 2 nitrogen and oxygen atoms in total. The Hall–Kier alpha value is -2.97. The molecule has 0 aliphatic rings. The van der Waals surface area contributed by atoms with E-state index in [0.29, 0.717) is 6.61 Å². The van der Waals surface area contributed by atoms with Gasteiger partial charge in [-0.25, -0.2) is 0 Å². The summed E-state index contributed by atoms with van der Waals surface area (Å²) in [7, 11) is 0. The molecule has 0 fully saturated rings. The summed E-state index contributed by atoms with van der Waals surface area (Å²) in [6.45, 7) is 1.38. The van der Waals surface area contributed by atoms with Crippen LogP contribution in [0.25, 0.3) is 11.1 Å². The number of nitrogens with zero attached hydrogens (tertiary/aromatic N) is 1. The van der Waals surface area contributed by atoms with Crippen LogP contribution < -0.4 is 4.74 Å². The van der Waals surface area contributed by atoms with Crippen molar-refractivity contribution >= 4 is 11.6 Å². The second kappa shape index (κ2) is 8.15. The van der Waals surface area contributed by atoms with Gasteiger partial charge in [-0.3, -0.25) is 0 Å². The molecule has 0 N–H and O–H groups in total. The lowest BCUT2D eigenvalue weighted by atomic mass is 10.1. The van der Waals surface area contributed by atoms with Gasteiger partial charge in [-0.2, -0.15) is 0 Å². The van der Waals surface area contributed by atoms with Crippen LogP contribution in [0.3, 0.4) is 0 Å². The van der Waals surface area contributed by atoms with E-state index in [9.17, 15) is 0 Å². The zero-order valence-electron chi connectivity index (χ0n) is 14.9. The molecule has 1 aromatic heterocycles. The van der Waals surface area contributed by atoms with Gasteiger partial charge in [0.25, 0.3) is 0 Å². The molecule has 0 amide bonds. The third-order valence-electron chi connectivity index (χ3n) is 4.44. The molecule has 0 bridgehead atoms. The van der Waals surface area contributed by atoms with Gasteiger partial charge < -0.3 is 9.30 Å². The number of rotatable bonds is 6. The highest BCUT2D eigenvalue weighted by molar-refractivity contribution is 6.30. The van der Waals surface area contributed by atoms with Crippen LogP contribution in [0.2, 0.25) is 5.02 Å². The summed E-state index contributed by atoms with van der Waals surface area (Å²) in [6.07, 6.45) is 4.25. The van der Waals surface area contributed by atoms with E-state index in [-0.39, 0.29) is 0 Å². The standard InChI is InChI=1S/C24H20ClNO/c25-23-8-4-7-20(15-23)16-26-14-13-22(17-26)21-9-11-24(12-10-21)27-18-19-5-2-1-3-6-19/h1-15,17H,16,18H2. The van der Waals surface area contributed by atoms with Crippen LogP contribution in [0, 0.1) is 0 Å². The number of ether oxygens (including phenoxy) is 1. The van der Waals surface area contributed by atoms with E-state index in [1.807, 2.05) is 48.5 Å². The molecule has 0 aliphatic heterocycles. The zero-order valence-corrected chi connectivity index (χ0v) is 15.6. The molecule has 0 saturated carbocycles. The molecule has 3 aromatic carbocycles. The SMILES string of the molecule is Clc1cccc(Cn2ccc(-c3ccc(OCc4ccccc4)cc3)c2)c1. The van der Waals surface area contributed by atoms with Crippen LogP contribution in [0.15, 0.2) is 97.3 Å². The quantitative estimate of drug-likeness (QED) is 0.379. The molecule has 27 heavy (non-hydrogen) atoms. The average Bonchev–Trinajstić information content (AvgIpc) is 3.16. The van der Waals surface area contributed by atoms with Crippen molar-refractivity contribution < 1.29 is 4.74 Å². The van der Waals surface area contributed by atoms with Crippen molar-refractivity contribution in [1.82, 2.24) is 4.57 Å². The first-order valence-corrected chi connectivity index (χ1v) is 9.31. The summed E-state index contributed by atoms with van der Waals surface area (Å²) in [6, 6.07) is 28.5. The van der Waals surface area contributed by atoms with Crippen LogP contribution in [0.1, 0.15) is 11.1 Å². The van der Waals surface area contributed by atoms with Gasteiger partial charge in [0.1, 0.15) is 12.4 Å². The Bertz CT molecular complexity index is 1010. The minimum absolute atomic E-state index is 0.580. The minimum atomic E-state index is 0.580. The van der Waals surface area contributed by atoms with E-state index in [1.165, 1.54) is 22.3 Å². The van der Waals surface area contributed by atoms with Crippen molar-refractivity contribution in [2.75, 3.05) is 0 Å². The maximum Gasteiger partial charge on any atom is 0.119 e. The Kier molecular flexibility index (Phi) is 5.27. The molecule has 0 saturated heterocycles. The Labute approximate surface area is 164 Å². The van der Waals surface area contributed by atoms with Gasteiger partial charge in [0.2, 0.25) is 0 Å². The lowest BCUT2D eigenvalue weighted by Gasteiger charge is -2.07. The van der Waals surface area contributed by atoms with E-state index in [2.05, 4.69) is 53.4 Å². The smallest absolute Gasteiger partial charge is 0.119 e. The molecule has 1 heterocycles. The fourth-order valence-corrected chi connectivity index (χ4v) is 3.25. The van der Waals surface area contributed by atoms with Gasteiger partial charge in [-0.1, -0.05) is 66.2 Å². The lowest BCUT2D eigenvalue weighted by Crippen LogP contribution is -1.95. The molecule has 4 aromatic rings. The predicted molar refractivity (Wildman–Crippen MR) is 111 cm³/mol. The highest BCUT2D eigenvalue weighted by atomic mass is 35.5. The van der Waals surface area contributed by atoms with Gasteiger partial charge in [-0.15, -0.1) is 0 Å². The van der Waals surface area contributed by atoms with Gasteiger partial charge in [0.05, 0.1) is 0 Å². The fraction of sp³-hybridized carbons (Fsp3) is 0.0833. The normalized spacial score (nSPS) is 10.7. The van der Waals surface area contributed by atoms with Gasteiger partial charge in [-0.05, 0) is 52.6 Å². The third kappa shape index (κ3) is 4.60. The topological polar surface area (TPSA) is 14.2 Å². The van der Waals surface area contributed by atoms with Crippen molar-refractivity contribution in [3.63, 3.8) is 0 Å². The summed E-state index contributed by atoms with van der Waals surface area (Å²) in [5.74, 6) is 0.876. The van der Waals surface area contributed by atoms with Crippen molar-refractivity contribution in [3.8, 4) is 16.9 Å². The first-order chi connectivity index (χ1) is 13.3. The maximum atomic E-state index is 6.07. The van der Waals surface area contributed by atoms with E-state index < -0.39 is 0 Å². The number of hydrogen-bond acceptors (Lipinski definition) is 1. The van der Waals surface area contributed by atoms with Gasteiger partial charge >= 0.3 is 0 Å². The molecular weight excluding hydrogens is 354 g/mol. The molecular formula is C24H20ClNO. The molecule has 0 aliphatic carbocycles. The van der Waals surface area contributed by atoms with Crippen LogP contribution in [-0.4, -0.2) is 4.57 Å².